The molecule has 2 rings (SSSR count). The number of likely N-dealkylation sites (tertiary alicyclic amines) is 1. The van der Waals surface area contributed by atoms with Gasteiger partial charge in [0.15, 0.2) is 0 Å². The van der Waals surface area contributed by atoms with Gasteiger partial charge in [-0.1, -0.05) is 13.0 Å². The molecule has 0 spiro atoms. The Kier molecular flexibility index (Phi) is 4.00. The smallest absolute Gasteiger partial charge is 0.0497 e. The highest BCUT2D eigenvalue weighted by Crippen LogP contribution is 2.28. The van der Waals surface area contributed by atoms with Crippen LogP contribution < -0.4 is 0 Å². The number of nitrogens with zero attached hydrogens (tertiary/aromatic N) is 1. The minimum Gasteiger partial charge on any atom is -0.396 e. The molecular weight excluding hydrogens is 218 g/mol. The first kappa shape index (κ1) is 12.1. The van der Waals surface area contributed by atoms with E-state index in [-0.39, 0.29) is 5.41 Å². The molecular formula is C13H21NOS. The highest BCUT2D eigenvalue weighted by atomic mass is 32.1. The van der Waals surface area contributed by atoms with Gasteiger partial charge in [0.1, 0.15) is 0 Å². The third kappa shape index (κ3) is 3.06. The van der Waals surface area contributed by atoms with Crippen molar-refractivity contribution in [3.63, 3.8) is 0 Å². The Morgan fingerprint density at radius 3 is 3.12 bits per heavy atom. The van der Waals surface area contributed by atoms with Crippen molar-refractivity contribution in [3.05, 3.63) is 22.4 Å². The summed E-state index contributed by atoms with van der Waals surface area (Å²) in [6, 6.07) is 4.33. The summed E-state index contributed by atoms with van der Waals surface area (Å²) >= 11 is 1.84. The number of thiophene rings is 1. The molecule has 2 heterocycles. The van der Waals surface area contributed by atoms with Crippen LogP contribution in [0.25, 0.3) is 0 Å². The summed E-state index contributed by atoms with van der Waals surface area (Å²) in [5.74, 6) is 0. The van der Waals surface area contributed by atoms with Crippen molar-refractivity contribution in [1.82, 2.24) is 4.90 Å². The molecule has 0 aromatic carbocycles. The number of piperidine rings is 1. The molecule has 1 aromatic rings. The fourth-order valence-electron chi connectivity index (χ4n) is 2.47. The van der Waals surface area contributed by atoms with E-state index >= 15 is 0 Å². The maximum atomic E-state index is 9.40. The minimum absolute atomic E-state index is 0.133. The molecule has 0 amide bonds. The second-order valence-corrected chi connectivity index (χ2v) is 6.21. The summed E-state index contributed by atoms with van der Waals surface area (Å²) in [4.78, 5) is 3.97. The van der Waals surface area contributed by atoms with E-state index in [4.69, 9.17) is 0 Å². The van der Waals surface area contributed by atoms with E-state index in [1.54, 1.807) is 0 Å². The average molecular weight is 239 g/mol. The predicted octanol–water partition coefficient (Wildman–Crippen LogP) is 2.39. The lowest BCUT2D eigenvalue weighted by atomic mass is 9.83. The lowest BCUT2D eigenvalue weighted by Crippen LogP contribution is -2.44. The van der Waals surface area contributed by atoms with Crippen LogP contribution in [0, 0.1) is 5.41 Å². The van der Waals surface area contributed by atoms with E-state index in [1.165, 1.54) is 24.3 Å². The van der Waals surface area contributed by atoms with E-state index in [9.17, 15) is 5.11 Å². The normalized spacial score (nSPS) is 27.1. The number of aliphatic hydroxyl groups is 1. The Bertz CT molecular complexity index is 312. The van der Waals surface area contributed by atoms with Crippen LogP contribution in [0.4, 0.5) is 0 Å². The van der Waals surface area contributed by atoms with Gasteiger partial charge in [-0.15, -0.1) is 11.3 Å². The van der Waals surface area contributed by atoms with E-state index in [0.29, 0.717) is 6.61 Å². The molecule has 0 bridgehead atoms. The quantitative estimate of drug-likeness (QED) is 0.872. The highest BCUT2D eigenvalue weighted by Gasteiger charge is 2.29. The molecule has 0 radical (unpaired) electrons. The van der Waals surface area contributed by atoms with Gasteiger partial charge in [0.25, 0.3) is 0 Å². The molecule has 1 aliphatic heterocycles. The summed E-state index contributed by atoms with van der Waals surface area (Å²) in [6.45, 7) is 5.90. The van der Waals surface area contributed by atoms with Crippen LogP contribution in [0.3, 0.4) is 0 Å². The van der Waals surface area contributed by atoms with Crippen molar-refractivity contribution in [2.75, 3.05) is 26.2 Å². The lowest BCUT2D eigenvalue weighted by Gasteiger charge is -2.39. The Hall–Kier alpha value is -0.380. The van der Waals surface area contributed by atoms with Crippen LogP contribution in [0.2, 0.25) is 0 Å². The van der Waals surface area contributed by atoms with Crippen LogP contribution in [0.1, 0.15) is 24.6 Å². The molecule has 3 heteroatoms. The van der Waals surface area contributed by atoms with Crippen molar-refractivity contribution >= 4 is 11.3 Å². The zero-order valence-electron chi connectivity index (χ0n) is 9.98. The molecule has 16 heavy (non-hydrogen) atoms. The van der Waals surface area contributed by atoms with E-state index in [0.717, 1.165) is 19.5 Å². The van der Waals surface area contributed by atoms with Crippen molar-refractivity contribution in [3.8, 4) is 0 Å². The van der Waals surface area contributed by atoms with Gasteiger partial charge in [0, 0.05) is 30.0 Å². The summed E-state index contributed by atoms with van der Waals surface area (Å²) in [5.41, 5.74) is 0.133. The fourth-order valence-corrected chi connectivity index (χ4v) is 3.17. The van der Waals surface area contributed by atoms with E-state index in [1.807, 2.05) is 11.3 Å². The third-order valence-corrected chi connectivity index (χ3v) is 4.43. The summed E-state index contributed by atoms with van der Waals surface area (Å²) < 4.78 is 0. The molecule has 1 atom stereocenters. The first-order valence-corrected chi connectivity index (χ1v) is 6.95. The topological polar surface area (TPSA) is 23.5 Å². The highest BCUT2D eigenvalue weighted by molar-refractivity contribution is 7.09. The van der Waals surface area contributed by atoms with Gasteiger partial charge in [-0.3, -0.25) is 0 Å². The average Bonchev–Trinajstić information content (AvgIpc) is 2.80. The largest absolute Gasteiger partial charge is 0.396 e. The molecule has 1 aromatic heterocycles. The number of hydrogen-bond donors (Lipinski definition) is 1. The summed E-state index contributed by atoms with van der Waals surface area (Å²) in [7, 11) is 0. The van der Waals surface area contributed by atoms with Gasteiger partial charge in [-0.25, -0.2) is 0 Å². The zero-order valence-corrected chi connectivity index (χ0v) is 10.8. The van der Waals surface area contributed by atoms with Gasteiger partial charge in [0.05, 0.1) is 0 Å². The molecule has 0 saturated carbocycles. The lowest BCUT2D eigenvalue weighted by molar-refractivity contribution is 0.0473. The van der Waals surface area contributed by atoms with Gasteiger partial charge in [-0.05, 0) is 37.3 Å². The van der Waals surface area contributed by atoms with Crippen LogP contribution in [-0.4, -0.2) is 36.2 Å². The second-order valence-electron chi connectivity index (χ2n) is 5.18. The number of rotatable bonds is 4. The van der Waals surface area contributed by atoms with Crippen molar-refractivity contribution in [2.45, 2.75) is 26.2 Å². The number of aliphatic hydroxyl groups excluding tert-OH is 1. The minimum atomic E-state index is 0.133. The SMILES string of the molecule is CC1(CO)CCCN(CCc2cccs2)C1. The van der Waals surface area contributed by atoms with E-state index < -0.39 is 0 Å². The Balaban J connectivity index is 1.81. The zero-order chi connectivity index (χ0) is 11.4. The summed E-state index contributed by atoms with van der Waals surface area (Å²) in [5, 5.41) is 11.5. The maximum absolute atomic E-state index is 9.40. The molecule has 1 N–H and O–H groups in total. The Morgan fingerprint density at radius 2 is 2.44 bits per heavy atom. The molecule has 1 fully saturated rings. The van der Waals surface area contributed by atoms with Crippen LogP contribution in [0.15, 0.2) is 17.5 Å². The first-order chi connectivity index (χ1) is 7.72. The molecule has 1 saturated heterocycles. The van der Waals surface area contributed by atoms with Gasteiger partial charge >= 0.3 is 0 Å². The monoisotopic (exact) mass is 239 g/mol. The molecule has 1 unspecified atom stereocenters. The Morgan fingerprint density at radius 1 is 1.56 bits per heavy atom. The molecule has 0 aliphatic carbocycles. The predicted molar refractivity (Wildman–Crippen MR) is 68.9 cm³/mol. The van der Waals surface area contributed by atoms with Crippen molar-refractivity contribution in [1.29, 1.82) is 0 Å². The molecule has 2 nitrogen and oxygen atoms in total. The van der Waals surface area contributed by atoms with Gasteiger partial charge in [-0.2, -0.15) is 0 Å². The van der Waals surface area contributed by atoms with Crippen LogP contribution in [-0.2, 0) is 6.42 Å². The van der Waals surface area contributed by atoms with Gasteiger partial charge in [0.2, 0.25) is 0 Å². The maximum Gasteiger partial charge on any atom is 0.0497 e. The fraction of sp³-hybridized carbons (Fsp3) is 0.692. The third-order valence-electron chi connectivity index (χ3n) is 3.50. The number of hydrogen-bond acceptors (Lipinski definition) is 3. The van der Waals surface area contributed by atoms with Gasteiger partial charge < -0.3 is 10.0 Å². The second kappa shape index (κ2) is 5.30. The first-order valence-electron chi connectivity index (χ1n) is 6.07. The van der Waals surface area contributed by atoms with Crippen molar-refractivity contribution in [2.24, 2.45) is 5.41 Å². The van der Waals surface area contributed by atoms with Crippen molar-refractivity contribution < 1.29 is 5.11 Å². The summed E-state index contributed by atoms with van der Waals surface area (Å²) in [6.07, 6.45) is 3.54. The standard InChI is InChI=1S/C13H21NOS/c1-13(11-15)6-3-7-14(10-13)8-5-12-4-2-9-16-12/h2,4,9,15H,3,5-8,10-11H2,1H3. The Labute approximate surface area is 102 Å². The molecule has 90 valence electrons. The van der Waals surface area contributed by atoms with E-state index in [2.05, 4.69) is 29.3 Å². The van der Waals surface area contributed by atoms with Crippen LogP contribution >= 0.6 is 11.3 Å². The van der Waals surface area contributed by atoms with Crippen LogP contribution in [0.5, 0.6) is 0 Å². The molecule has 1 aliphatic rings.